The molecule has 29 heavy (non-hydrogen) atoms. The Hall–Kier alpha value is -2.71. The van der Waals surface area contributed by atoms with Crippen LogP contribution in [0.1, 0.15) is 37.8 Å². The molecule has 0 atom stereocenters. The van der Waals surface area contributed by atoms with Gasteiger partial charge in [0, 0.05) is 30.4 Å². The Balaban J connectivity index is 2.17. The number of benzene rings is 1. The molecule has 2 N–H and O–H groups in total. The van der Waals surface area contributed by atoms with Crippen LogP contribution in [0.2, 0.25) is 0 Å². The Morgan fingerprint density at radius 2 is 2.07 bits per heavy atom. The van der Waals surface area contributed by atoms with E-state index in [1.165, 1.54) is 6.07 Å². The summed E-state index contributed by atoms with van der Waals surface area (Å²) in [5, 5.41) is 5.91. The van der Waals surface area contributed by atoms with Crippen LogP contribution in [0.4, 0.5) is 5.69 Å². The van der Waals surface area contributed by atoms with Crippen molar-refractivity contribution in [2.45, 2.75) is 38.0 Å². The Labute approximate surface area is 170 Å². The maximum absolute atomic E-state index is 12.7. The van der Waals surface area contributed by atoms with E-state index in [1.807, 2.05) is 19.1 Å². The van der Waals surface area contributed by atoms with E-state index >= 15 is 0 Å². The van der Waals surface area contributed by atoms with Gasteiger partial charge in [-0.05, 0) is 56.0 Å². The first kappa shape index (κ1) is 21.0. The average molecular weight is 416 g/mol. The first-order chi connectivity index (χ1) is 13.8. The van der Waals surface area contributed by atoms with Crippen LogP contribution in [0.5, 0.6) is 0 Å². The predicted molar refractivity (Wildman–Crippen MR) is 111 cm³/mol. The molecule has 0 radical (unpaired) electrons. The smallest absolute Gasteiger partial charge is 0.297 e. The first-order valence-electron chi connectivity index (χ1n) is 9.40. The number of anilines is 1. The summed E-state index contributed by atoms with van der Waals surface area (Å²) in [7, 11) is -2.08. The SMILES string of the molecule is C/C=C/C(CCC(C)=O)=C(/C=C1\C(=O)Nc2ccc3c(c21)CCOS3(=O)=O)NC. The second-order valence-electron chi connectivity index (χ2n) is 6.89. The quantitative estimate of drug-likeness (QED) is 0.420. The minimum absolute atomic E-state index is 0.0460. The number of carbonyl (C=O) groups excluding carboxylic acids is 2. The number of rotatable bonds is 6. The van der Waals surface area contributed by atoms with Gasteiger partial charge in [0.2, 0.25) is 0 Å². The lowest BCUT2D eigenvalue weighted by molar-refractivity contribution is -0.117. The number of nitrogens with one attached hydrogen (secondary N) is 2. The molecule has 0 aliphatic carbocycles. The zero-order valence-electron chi connectivity index (χ0n) is 16.7. The summed E-state index contributed by atoms with van der Waals surface area (Å²) in [6, 6.07) is 3.06. The highest BCUT2D eigenvalue weighted by Crippen LogP contribution is 2.40. The number of fused-ring (bicyclic) bond motifs is 3. The highest BCUT2D eigenvalue weighted by Gasteiger charge is 2.34. The van der Waals surface area contributed by atoms with Crippen molar-refractivity contribution in [2.24, 2.45) is 0 Å². The summed E-state index contributed by atoms with van der Waals surface area (Å²) in [5.74, 6) is -0.213. The summed E-state index contributed by atoms with van der Waals surface area (Å²) in [6.07, 6.45) is 6.82. The van der Waals surface area contributed by atoms with Gasteiger partial charge in [-0.2, -0.15) is 8.42 Å². The molecule has 1 amide bonds. The molecule has 2 aliphatic rings. The van der Waals surface area contributed by atoms with Crippen molar-refractivity contribution in [3.05, 3.63) is 52.8 Å². The summed E-state index contributed by atoms with van der Waals surface area (Å²) in [4.78, 5) is 24.2. The molecular formula is C21H24N2O5S. The van der Waals surface area contributed by atoms with Crippen LogP contribution >= 0.6 is 0 Å². The lowest BCUT2D eigenvalue weighted by Gasteiger charge is -2.19. The van der Waals surface area contributed by atoms with E-state index < -0.39 is 10.1 Å². The van der Waals surface area contributed by atoms with Gasteiger partial charge < -0.3 is 15.4 Å². The second-order valence-corrected chi connectivity index (χ2v) is 8.48. The highest BCUT2D eigenvalue weighted by atomic mass is 32.2. The molecule has 154 valence electrons. The van der Waals surface area contributed by atoms with Gasteiger partial charge in [-0.15, -0.1) is 0 Å². The fourth-order valence-electron chi connectivity index (χ4n) is 3.57. The second kappa shape index (κ2) is 8.34. The summed E-state index contributed by atoms with van der Waals surface area (Å²) >= 11 is 0. The lowest BCUT2D eigenvalue weighted by atomic mass is 9.96. The van der Waals surface area contributed by atoms with E-state index in [1.54, 1.807) is 26.1 Å². The Kier molecular flexibility index (Phi) is 6.04. The van der Waals surface area contributed by atoms with Crippen molar-refractivity contribution in [1.29, 1.82) is 0 Å². The average Bonchev–Trinajstić information content (AvgIpc) is 2.98. The zero-order valence-corrected chi connectivity index (χ0v) is 17.5. The number of amides is 1. The number of allylic oxidation sites excluding steroid dienone is 4. The van der Waals surface area contributed by atoms with Gasteiger partial charge in [0.1, 0.15) is 5.78 Å². The molecule has 3 rings (SSSR count). The molecule has 0 saturated heterocycles. The van der Waals surface area contributed by atoms with Gasteiger partial charge in [0.15, 0.2) is 0 Å². The van der Waals surface area contributed by atoms with Gasteiger partial charge in [-0.25, -0.2) is 0 Å². The monoisotopic (exact) mass is 416 g/mol. The molecule has 2 heterocycles. The van der Waals surface area contributed by atoms with Crippen LogP contribution in [0, 0.1) is 0 Å². The Morgan fingerprint density at radius 3 is 2.72 bits per heavy atom. The van der Waals surface area contributed by atoms with E-state index in [-0.39, 0.29) is 23.2 Å². The summed E-state index contributed by atoms with van der Waals surface area (Å²) < 4.78 is 29.5. The number of hydrogen-bond donors (Lipinski definition) is 2. The Bertz CT molecular complexity index is 1060. The van der Waals surface area contributed by atoms with Gasteiger partial charge in [-0.3, -0.25) is 8.98 Å². The third-order valence-corrected chi connectivity index (χ3v) is 6.31. The molecule has 2 aliphatic heterocycles. The molecule has 1 aromatic carbocycles. The van der Waals surface area contributed by atoms with Gasteiger partial charge in [0.05, 0.1) is 17.1 Å². The van der Waals surface area contributed by atoms with Crippen molar-refractivity contribution in [2.75, 3.05) is 19.0 Å². The molecule has 0 bridgehead atoms. The first-order valence-corrected chi connectivity index (χ1v) is 10.8. The zero-order chi connectivity index (χ0) is 21.2. The van der Waals surface area contributed by atoms with Crippen molar-refractivity contribution in [3.63, 3.8) is 0 Å². The van der Waals surface area contributed by atoms with Crippen molar-refractivity contribution < 1.29 is 22.2 Å². The van der Waals surface area contributed by atoms with Crippen LogP contribution < -0.4 is 10.6 Å². The fourth-order valence-corrected chi connectivity index (χ4v) is 4.74. The number of Topliss-reactive ketones (excluding diaryl/α,β-unsaturated/α-hetero) is 1. The summed E-state index contributed by atoms with van der Waals surface area (Å²) in [6.45, 7) is 3.47. The number of carbonyl (C=O) groups is 2. The Morgan fingerprint density at radius 1 is 1.31 bits per heavy atom. The topological polar surface area (TPSA) is 102 Å². The van der Waals surface area contributed by atoms with Crippen molar-refractivity contribution in [3.8, 4) is 0 Å². The third kappa shape index (κ3) is 4.18. The van der Waals surface area contributed by atoms with E-state index in [9.17, 15) is 18.0 Å². The molecular weight excluding hydrogens is 392 g/mol. The fraction of sp³-hybridized carbons (Fsp3) is 0.333. The normalized spacial score (nSPS) is 19.6. The number of ketones is 1. The van der Waals surface area contributed by atoms with E-state index in [2.05, 4.69) is 10.6 Å². The molecule has 0 unspecified atom stereocenters. The number of likely N-dealkylation sites (N-methyl/N-ethyl adjacent to an activating group) is 1. The minimum atomic E-state index is -3.82. The van der Waals surface area contributed by atoms with Crippen molar-refractivity contribution in [1.82, 2.24) is 5.32 Å². The van der Waals surface area contributed by atoms with E-state index in [0.717, 1.165) is 5.57 Å². The third-order valence-electron chi connectivity index (χ3n) is 4.91. The lowest BCUT2D eigenvalue weighted by Crippen LogP contribution is -2.19. The maximum Gasteiger partial charge on any atom is 0.297 e. The van der Waals surface area contributed by atoms with Crippen LogP contribution in [0.25, 0.3) is 5.57 Å². The molecule has 0 aromatic heterocycles. The van der Waals surface area contributed by atoms with Crippen LogP contribution in [0.15, 0.2) is 46.5 Å². The molecule has 7 nitrogen and oxygen atoms in total. The standard InChI is InChI=1S/C21H24N2O5S/c1-4-5-14(7-6-13(2)24)18(22-3)12-16-20-15-10-11-28-29(26,27)19(15)9-8-17(20)23-21(16)25/h4-5,8-9,12,22H,6-7,10-11H2,1-3H3,(H,23,25)/b5-4+,16-12-,18-14+. The molecule has 0 saturated carbocycles. The van der Waals surface area contributed by atoms with Gasteiger partial charge in [-0.1, -0.05) is 12.2 Å². The highest BCUT2D eigenvalue weighted by molar-refractivity contribution is 7.86. The van der Waals surface area contributed by atoms with Crippen LogP contribution in [-0.2, 0) is 30.3 Å². The van der Waals surface area contributed by atoms with E-state index in [0.29, 0.717) is 47.3 Å². The maximum atomic E-state index is 12.7. The number of hydrogen-bond acceptors (Lipinski definition) is 6. The van der Waals surface area contributed by atoms with Crippen molar-refractivity contribution >= 4 is 33.1 Å². The minimum Gasteiger partial charge on any atom is -0.388 e. The van der Waals surface area contributed by atoms with Gasteiger partial charge >= 0.3 is 0 Å². The molecule has 8 heteroatoms. The summed E-state index contributed by atoms with van der Waals surface area (Å²) in [5.41, 5.74) is 3.75. The van der Waals surface area contributed by atoms with Crippen LogP contribution in [-0.4, -0.2) is 33.8 Å². The van der Waals surface area contributed by atoms with Crippen LogP contribution in [0.3, 0.4) is 0 Å². The molecule has 1 aromatic rings. The predicted octanol–water partition coefficient (Wildman–Crippen LogP) is 2.70. The van der Waals surface area contributed by atoms with E-state index in [4.69, 9.17) is 4.18 Å². The molecule has 0 fully saturated rings. The largest absolute Gasteiger partial charge is 0.388 e. The molecule has 0 spiro atoms. The van der Waals surface area contributed by atoms with Gasteiger partial charge in [0.25, 0.3) is 16.0 Å².